The highest BCUT2D eigenvalue weighted by molar-refractivity contribution is 9.10. The van der Waals surface area contributed by atoms with E-state index in [2.05, 4.69) is 20.9 Å². The molecule has 0 saturated heterocycles. The second-order valence-corrected chi connectivity index (χ2v) is 4.77. The van der Waals surface area contributed by atoms with Crippen LogP contribution in [0.25, 0.3) is 0 Å². The predicted molar refractivity (Wildman–Crippen MR) is 74.2 cm³/mol. The number of phenols is 1. The summed E-state index contributed by atoms with van der Waals surface area (Å²) in [4.78, 5) is 4.19. The fraction of sp³-hybridized carbons (Fsp3) is 0.0714. The summed E-state index contributed by atoms with van der Waals surface area (Å²) in [6.45, 7) is 1.93. The molecular weight excluding hydrogens is 297 g/mol. The van der Waals surface area contributed by atoms with E-state index in [1.165, 1.54) is 12.1 Å². The molecule has 2 nitrogen and oxygen atoms in total. The highest BCUT2D eigenvalue weighted by atomic mass is 79.9. The molecule has 2 aromatic rings. The molecule has 0 amide bonds. The highest BCUT2D eigenvalue weighted by Crippen LogP contribution is 2.28. The zero-order valence-corrected chi connectivity index (χ0v) is 11.3. The lowest BCUT2D eigenvalue weighted by Crippen LogP contribution is -1.86. The molecule has 0 aliphatic rings. The van der Waals surface area contributed by atoms with E-state index < -0.39 is 0 Å². The minimum Gasteiger partial charge on any atom is -0.506 e. The average molecular weight is 308 g/mol. The fourth-order valence-electron chi connectivity index (χ4n) is 1.53. The van der Waals surface area contributed by atoms with Crippen molar-refractivity contribution in [3.05, 3.63) is 57.8 Å². The molecule has 0 saturated carbocycles. The maximum absolute atomic E-state index is 12.7. The molecule has 0 aromatic heterocycles. The standard InChI is InChI=1S/C14H11BrFNO/c1-9-6-10(14(18)13(15)7-9)8-17-12-4-2-11(16)3-5-12/h2-8,18H,1H3/b17-8+. The molecule has 0 spiro atoms. The van der Waals surface area contributed by atoms with Crippen LogP contribution < -0.4 is 0 Å². The summed E-state index contributed by atoms with van der Waals surface area (Å²) in [5.41, 5.74) is 2.26. The molecule has 4 heteroatoms. The van der Waals surface area contributed by atoms with E-state index in [4.69, 9.17) is 0 Å². The van der Waals surface area contributed by atoms with Gasteiger partial charge in [-0.1, -0.05) is 0 Å². The van der Waals surface area contributed by atoms with Gasteiger partial charge in [0.1, 0.15) is 11.6 Å². The van der Waals surface area contributed by atoms with Crippen molar-refractivity contribution < 1.29 is 9.50 Å². The van der Waals surface area contributed by atoms with Gasteiger partial charge in [-0.25, -0.2) is 4.39 Å². The third-order valence-electron chi connectivity index (χ3n) is 2.42. The Morgan fingerprint density at radius 2 is 1.89 bits per heavy atom. The second-order valence-electron chi connectivity index (χ2n) is 3.92. The van der Waals surface area contributed by atoms with Crippen molar-refractivity contribution in [2.45, 2.75) is 6.92 Å². The van der Waals surface area contributed by atoms with Gasteiger partial charge in [-0.3, -0.25) is 4.99 Å². The first kappa shape index (κ1) is 12.8. The number of aliphatic imine (C=N–C) groups is 1. The number of aryl methyl sites for hydroxylation is 1. The largest absolute Gasteiger partial charge is 0.506 e. The van der Waals surface area contributed by atoms with Crippen molar-refractivity contribution in [3.63, 3.8) is 0 Å². The van der Waals surface area contributed by atoms with Crippen LogP contribution in [-0.4, -0.2) is 11.3 Å². The number of rotatable bonds is 2. The highest BCUT2D eigenvalue weighted by Gasteiger charge is 2.04. The summed E-state index contributed by atoms with van der Waals surface area (Å²) in [6, 6.07) is 9.50. The Kier molecular flexibility index (Phi) is 3.77. The van der Waals surface area contributed by atoms with Crippen LogP contribution in [0.3, 0.4) is 0 Å². The molecule has 0 heterocycles. The third-order valence-corrected chi connectivity index (χ3v) is 3.02. The third kappa shape index (κ3) is 2.96. The van der Waals surface area contributed by atoms with Crippen molar-refractivity contribution in [1.82, 2.24) is 0 Å². The lowest BCUT2D eigenvalue weighted by molar-refractivity contribution is 0.471. The Labute approximate surface area is 113 Å². The van der Waals surface area contributed by atoms with Crippen LogP contribution in [-0.2, 0) is 0 Å². The van der Waals surface area contributed by atoms with Crippen molar-refractivity contribution in [3.8, 4) is 5.75 Å². The molecule has 0 bridgehead atoms. The Balaban J connectivity index is 2.31. The number of hydrogen-bond acceptors (Lipinski definition) is 2. The van der Waals surface area contributed by atoms with Gasteiger partial charge < -0.3 is 5.11 Å². The lowest BCUT2D eigenvalue weighted by atomic mass is 10.1. The fourth-order valence-corrected chi connectivity index (χ4v) is 2.12. The Morgan fingerprint density at radius 1 is 1.22 bits per heavy atom. The quantitative estimate of drug-likeness (QED) is 0.822. The van der Waals surface area contributed by atoms with Crippen LogP contribution in [0.4, 0.5) is 10.1 Å². The number of benzene rings is 2. The van der Waals surface area contributed by atoms with Crippen LogP contribution in [0.2, 0.25) is 0 Å². The normalized spacial score (nSPS) is 11.1. The first-order valence-corrected chi connectivity index (χ1v) is 6.14. The van der Waals surface area contributed by atoms with Gasteiger partial charge in [-0.15, -0.1) is 0 Å². The molecule has 0 atom stereocenters. The number of aromatic hydroxyl groups is 1. The number of halogens is 2. The second kappa shape index (κ2) is 5.31. The number of phenolic OH excluding ortho intramolecular Hbond substituents is 1. The SMILES string of the molecule is Cc1cc(Br)c(O)c(/C=N/c2ccc(F)cc2)c1. The van der Waals surface area contributed by atoms with Crippen molar-refractivity contribution in [1.29, 1.82) is 0 Å². The molecule has 1 N–H and O–H groups in total. The lowest BCUT2D eigenvalue weighted by Gasteiger charge is -2.03. The van der Waals surface area contributed by atoms with E-state index >= 15 is 0 Å². The molecule has 0 aliphatic carbocycles. The van der Waals surface area contributed by atoms with Gasteiger partial charge in [0.05, 0.1) is 10.2 Å². The van der Waals surface area contributed by atoms with E-state index in [1.54, 1.807) is 18.3 Å². The van der Waals surface area contributed by atoms with Crippen LogP contribution in [0, 0.1) is 12.7 Å². The van der Waals surface area contributed by atoms with Gasteiger partial charge in [0.2, 0.25) is 0 Å². The van der Waals surface area contributed by atoms with Gasteiger partial charge in [-0.2, -0.15) is 0 Å². The van der Waals surface area contributed by atoms with Crippen molar-refractivity contribution in [2.24, 2.45) is 4.99 Å². The molecule has 2 rings (SSSR count). The monoisotopic (exact) mass is 307 g/mol. The van der Waals surface area contributed by atoms with E-state index in [9.17, 15) is 9.50 Å². The maximum atomic E-state index is 12.7. The minimum atomic E-state index is -0.296. The smallest absolute Gasteiger partial charge is 0.138 e. The van der Waals surface area contributed by atoms with Gasteiger partial charge in [0, 0.05) is 11.8 Å². The van der Waals surface area contributed by atoms with Crippen molar-refractivity contribution in [2.75, 3.05) is 0 Å². The van der Waals surface area contributed by atoms with Gasteiger partial charge in [-0.05, 0) is 64.8 Å². The molecular formula is C14H11BrFNO. The van der Waals surface area contributed by atoms with Crippen molar-refractivity contribution >= 4 is 27.8 Å². The van der Waals surface area contributed by atoms with Gasteiger partial charge >= 0.3 is 0 Å². The summed E-state index contributed by atoms with van der Waals surface area (Å²) in [5.74, 6) is -0.151. The van der Waals surface area contributed by atoms with E-state index in [-0.39, 0.29) is 11.6 Å². The zero-order chi connectivity index (χ0) is 13.1. The van der Waals surface area contributed by atoms with E-state index in [0.717, 1.165) is 5.56 Å². The Morgan fingerprint density at radius 3 is 2.56 bits per heavy atom. The maximum Gasteiger partial charge on any atom is 0.138 e. The van der Waals surface area contributed by atoms with E-state index in [0.29, 0.717) is 15.7 Å². The summed E-state index contributed by atoms with van der Waals surface area (Å²) >= 11 is 3.27. The molecule has 0 aliphatic heterocycles. The molecule has 0 fully saturated rings. The Hall–Kier alpha value is -1.68. The summed E-state index contributed by atoms with van der Waals surface area (Å²) in [7, 11) is 0. The summed E-state index contributed by atoms with van der Waals surface area (Å²) in [5, 5.41) is 9.85. The minimum absolute atomic E-state index is 0.145. The van der Waals surface area contributed by atoms with Gasteiger partial charge in [0.15, 0.2) is 0 Å². The number of hydrogen-bond donors (Lipinski definition) is 1. The molecule has 92 valence electrons. The summed E-state index contributed by atoms with van der Waals surface area (Å²) in [6.07, 6.45) is 1.56. The van der Waals surface area contributed by atoms with E-state index in [1.807, 2.05) is 19.1 Å². The number of nitrogens with zero attached hydrogens (tertiary/aromatic N) is 1. The molecule has 18 heavy (non-hydrogen) atoms. The summed E-state index contributed by atoms with van der Waals surface area (Å²) < 4.78 is 13.3. The predicted octanol–water partition coefficient (Wildman–Crippen LogP) is 4.35. The molecule has 0 unspecified atom stereocenters. The zero-order valence-electron chi connectivity index (χ0n) is 9.69. The average Bonchev–Trinajstić information content (AvgIpc) is 2.34. The first-order valence-electron chi connectivity index (χ1n) is 5.35. The van der Waals surface area contributed by atoms with Crippen LogP contribution in [0.5, 0.6) is 5.75 Å². The topological polar surface area (TPSA) is 32.6 Å². The van der Waals surface area contributed by atoms with Crippen LogP contribution in [0.1, 0.15) is 11.1 Å². The van der Waals surface area contributed by atoms with Gasteiger partial charge in [0.25, 0.3) is 0 Å². The Bertz CT molecular complexity index is 593. The van der Waals surface area contributed by atoms with Crippen LogP contribution in [0.15, 0.2) is 45.9 Å². The first-order chi connectivity index (χ1) is 8.56. The molecule has 0 radical (unpaired) electrons. The van der Waals surface area contributed by atoms with Crippen LogP contribution >= 0.6 is 15.9 Å². The molecule has 2 aromatic carbocycles.